The van der Waals surface area contributed by atoms with Gasteiger partial charge in [-0.15, -0.1) is 11.8 Å². The molecule has 1 aliphatic rings. The van der Waals surface area contributed by atoms with Crippen molar-refractivity contribution in [1.29, 1.82) is 0 Å². The van der Waals surface area contributed by atoms with Crippen molar-refractivity contribution in [2.24, 2.45) is 0 Å². The lowest BCUT2D eigenvalue weighted by atomic mass is 10.1. The van der Waals surface area contributed by atoms with Crippen LogP contribution in [-0.2, 0) is 4.79 Å². The van der Waals surface area contributed by atoms with Crippen LogP contribution in [0, 0.1) is 13.8 Å². The van der Waals surface area contributed by atoms with Crippen molar-refractivity contribution in [2.75, 3.05) is 5.75 Å². The summed E-state index contributed by atoms with van der Waals surface area (Å²) in [5.74, 6) is -0.751. The molecule has 0 saturated carbocycles. The first-order valence-electron chi connectivity index (χ1n) is 6.16. The summed E-state index contributed by atoms with van der Waals surface area (Å²) in [5, 5.41) is 15.9. The summed E-state index contributed by atoms with van der Waals surface area (Å²) < 4.78 is 0. The highest BCUT2D eigenvalue weighted by molar-refractivity contribution is 8.00. The fourth-order valence-electron chi connectivity index (χ4n) is 2.34. The van der Waals surface area contributed by atoms with E-state index in [-0.39, 0.29) is 11.3 Å². The maximum absolute atomic E-state index is 12.6. The number of nitrogens with one attached hydrogen (secondary N) is 1. The molecule has 0 bridgehead atoms. The Labute approximate surface area is 115 Å². The molecule has 6 nitrogen and oxygen atoms in total. The summed E-state index contributed by atoms with van der Waals surface area (Å²) in [5.41, 5.74) is 1.78. The third-order valence-electron chi connectivity index (χ3n) is 3.30. The maximum Gasteiger partial charge on any atom is 0.327 e. The van der Waals surface area contributed by atoms with E-state index >= 15 is 0 Å². The number of carbonyl (C=O) groups is 2. The fourth-order valence-corrected chi connectivity index (χ4v) is 3.68. The first-order chi connectivity index (χ1) is 8.97. The predicted octanol–water partition coefficient (Wildman–Crippen LogP) is 1.40. The molecule has 1 amide bonds. The summed E-state index contributed by atoms with van der Waals surface area (Å²) in [6, 6.07) is -0.754. The van der Waals surface area contributed by atoms with E-state index in [2.05, 4.69) is 10.2 Å². The van der Waals surface area contributed by atoms with E-state index in [1.165, 1.54) is 16.7 Å². The number of carboxylic acids is 1. The van der Waals surface area contributed by atoms with Gasteiger partial charge in [0, 0.05) is 11.4 Å². The molecule has 1 aliphatic heterocycles. The number of hydrogen-bond donors (Lipinski definition) is 2. The Morgan fingerprint density at radius 1 is 1.53 bits per heavy atom. The van der Waals surface area contributed by atoms with Crippen molar-refractivity contribution in [3.8, 4) is 0 Å². The van der Waals surface area contributed by atoms with E-state index in [1.54, 1.807) is 13.8 Å². The highest BCUT2D eigenvalue weighted by Crippen LogP contribution is 2.33. The van der Waals surface area contributed by atoms with Gasteiger partial charge in [-0.05, 0) is 20.3 Å². The summed E-state index contributed by atoms with van der Waals surface area (Å²) in [6.07, 6.45) is 0.732. The zero-order chi connectivity index (χ0) is 14.2. The van der Waals surface area contributed by atoms with E-state index in [4.69, 9.17) is 0 Å². The monoisotopic (exact) mass is 283 g/mol. The molecule has 2 rings (SSSR count). The lowest BCUT2D eigenvalue weighted by molar-refractivity contribution is -0.141. The minimum Gasteiger partial charge on any atom is -0.480 e. The maximum atomic E-state index is 12.6. The van der Waals surface area contributed by atoms with Gasteiger partial charge >= 0.3 is 5.97 Å². The number of aromatic nitrogens is 2. The van der Waals surface area contributed by atoms with E-state index in [1.807, 2.05) is 6.92 Å². The van der Waals surface area contributed by atoms with Crippen LogP contribution in [0.4, 0.5) is 0 Å². The molecule has 1 fully saturated rings. The Bertz CT molecular complexity index is 495. The summed E-state index contributed by atoms with van der Waals surface area (Å²) in [6.45, 7) is 5.47. The van der Waals surface area contributed by atoms with Gasteiger partial charge in [0.15, 0.2) is 0 Å². The highest BCUT2D eigenvalue weighted by Gasteiger charge is 2.42. The molecule has 0 aliphatic carbocycles. The Kier molecular flexibility index (Phi) is 3.84. The highest BCUT2D eigenvalue weighted by atomic mass is 32.2. The van der Waals surface area contributed by atoms with Crippen LogP contribution in [0.5, 0.6) is 0 Å². The molecule has 0 radical (unpaired) electrons. The molecular weight excluding hydrogens is 266 g/mol. The van der Waals surface area contributed by atoms with Crippen molar-refractivity contribution >= 4 is 23.6 Å². The van der Waals surface area contributed by atoms with Crippen LogP contribution >= 0.6 is 11.8 Å². The predicted molar refractivity (Wildman–Crippen MR) is 72.2 cm³/mol. The Balaban J connectivity index is 2.37. The standard InChI is InChI=1S/C12H17N3O3S/c1-4-9-15(8(5-19-9)12(17)18)11(16)10-6(2)13-14-7(10)3/h8-9H,4-5H2,1-3H3,(H,13,14)(H,17,18). The van der Waals surface area contributed by atoms with Gasteiger partial charge in [0.25, 0.3) is 5.91 Å². The van der Waals surface area contributed by atoms with Gasteiger partial charge in [-0.1, -0.05) is 6.92 Å². The Morgan fingerprint density at radius 2 is 2.21 bits per heavy atom. The minimum atomic E-state index is -0.949. The summed E-state index contributed by atoms with van der Waals surface area (Å²) in [4.78, 5) is 25.4. The van der Waals surface area contributed by atoms with Crippen LogP contribution in [0.2, 0.25) is 0 Å². The first-order valence-corrected chi connectivity index (χ1v) is 7.20. The quantitative estimate of drug-likeness (QED) is 0.875. The molecule has 2 N–H and O–H groups in total. The molecule has 7 heteroatoms. The van der Waals surface area contributed by atoms with Crippen LogP contribution in [0.25, 0.3) is 0 Å². The van der Waals surface area contributed by atoms with Crippen LogP contribution < -0.4 is 0 Å². The number of aromatic amines is 1. The number of carboxylic acid groups (broad SMARTS) is 1. The molecule has 2 heterocycles. The largest absolute Gasteiger partial charge is 0.480 e. The molecule has 1 aromatic heterocycles. The summed E-state index contributed by atoms with van der Waals surface area (Å²) in [7, 11) is 0. The molecular formula is C12H17N3O3S. The van der Waals surface area contributed by atoms with Gasteiger partial charge in [-0.25, -0.2) is 4.79 Å². The lowest BCUT2D eigenvalue weighted by Gasteiger charge is -2.26. The molecule has 0 spiro atoms. The van der Waals surface area contributed by atoms with E-state index in [0.717, 1.165) is 6.42 Å². The van der Waals surface area contributed by atoms with Crippen LogP contribution in [0.3, 0.4) is 0 Å². The second-order valence-corrected chi connectivity index (χ2v) is 5.78. The number of H-pyrrole nitrogens is 1. The molecule has 19 heavy (non-hydrogen) atoms. The van der Waals surface area contributed by atoms with Crippen molar-refractivity contribution < 1.29 is 14.7 Å². The number of hydrogen-bond acceptors (Lipinski definition) is 4. The van der Waals surface area contributed by atoms with Crippen LogP contribution in [0.1, 0.15) is 35.1 Å². The SMILES string of the molecule is CCC1SCC(C(=O)O)N1C(=O)c1c(C)n[nH]c1C. The Hall–Kier alpha value is -1.50. The molecule has 1 saturated heterocycles. The normalized spacial score (nSPS) is 22.8. The second-order valence-electron chi connectivity index (χ2n) is 4.57. The van der Waals surface area contributed by atoms with Gasteiger partial charge in [-0.3, -0.25) is 9.89 Å². The zero-order valence-corrected chi connectivity index (χ0v) is 12.0. The van der Waals surface area contributed by atoms with E-state index in [0.29, 0.717) is 22.7 Å². The van der Waals surface area contributed by atoms with Crippen molar-refractivity contribution in [2.45, 2.75) is 38.6 Å². The first kappa shape index (κ1) is 13.9. The van der Waals surface area contributed by atoms with Gasteiger partial charge in [-0.2, -0.15) is 5.10 Å². The fraction of sp³-hybridized carbons (Fsp3) is 0.583. The van der Waals surface area contributed by atoms with Crippen molar-refractivity contribution in [3.05, 3.63) is 17.0 Å². The number of aliphatic carboxylic acids is 1. The Morgan fingerprint density at radius 3 is 2.68 bits per heavy atom. The molecule has 2 unspecified atom stereocenters. The molecule has 1 aromatic rings. The average molecular weight is 283 g/mol. The molecule has 104 valence electrons. The topological polar surface area (TPSA) is 86.3 Å². The third kappa shape index (κ3) is 2.34. The van der Waals surface area contributed by atoms with Gasteiger partial charge in [0.05, 0.1) is 16.6 Å². The number of aryl methyl sites for hydroxylation is 2. The lowest BCUT2D eigenvalue weighted by Crippen LogP contribution is -2.45. The van der Waals surface area contributed by atoms with Crippen molar-refractivity contribution in [3.63, 3.8) is 0 Å². The smallest absolute Gasteiger partial charge is 0.327 e. The van der Waals surface area contributed by atoms with Crippen LogP contribution in [-0.4, -0.2) is 49.2 Å². The van der Waals surface area contributed by atoms with Gasteiger partial charge in [0.1, 0.15) is 6.04 Å². The van der Waals surface area contributed by atoms with Gasteiger partial charge in [0.2, 0.25) is 0 Å². The average Bonchev–Trinajstić information content (AvgIpc) is 2.92. The van der Waals surface area contributed by atoms with Crippen LogP contribution in [0.15, 0.2) is 0 Å². The molecule has 0 aromatic carbocycles. The molecule has 2 atom stereocenters. The van der Waals surface area contributed by atoms with Crippen molar-refractivity contribution in [1.82, 2.24) is 15.1 Å². The summed E-state index contributed by atoms with van der Waals surface area (Å²) >= 11 is 1.52. The number of amides is 1. The second kappa shape index (κ2) is 5.24. The minimum absolute atomic E-state index is 0.0812. The number of thioether (sulfide) groups is 1. The number of nitrogens with zero attached hydrogens (tertiary/aromatic N) is 2. The van der Waals surface area contributed by atoms with E-state index < -0.39 is 12.0 Å². The third-order valence-corrected chi connectivity index (χ3v) is 4.76. The van der Waals surface area contributed by atoms with E-state index in [9.17, 15) is 14.7 Å². The zero-order valence-electron chi connectivity index (χ0n) is 11.1. The number of rotatable bonds is 3. The number of carbonyl (C=O) groups excluding carboxylic acids is 1. The van der Waals surface area contributed by atoms with Gasteiger partial charge < -0.3 is 10.0 Å².